The minimum Gasteiger partial charge on any atom is -0.477 e. The van der Waals surface area contributed by atoms with Gasteiger partial charge in [0.25, 0.3) is 5.56 Å². The standard InChI is InChI=1S/C30H23N5O5/c31-26(32)18-2-1-3-20(11-18)30(39)40-23-8-9-25-22(13-23)14-24(29(37)38)28(36)35(25)15-16-4-5-17-6-7-19(27(33)34)12-21(17)10-16/h1-14H,15H2,(H3,31,32)(H3,33,34)(H,37,38). The first kappa shape index (κ1) is 25.9. The van der Waals surface area contributed by atoms with Crippen LogP contribution in [0.3, 0.4) is 0 Å². The molecule has 0 atom stereocenters. The lowest BCUT2D eigenvalue weighted by Gasteiger charge is -2.14. The van der Waals surface area contributed by atoms with E-state index in [0.717, 1.165) is 16.3 Å². The van der Waals surface area contributed by atoms with Gasteiger partial charge < -0.3 is 25.9 Å². The van der Waals surface area contributed by atoms with Gasteiger partial charge in [-0.2, -0.15) is 0 Å². The summed E-state index contributed by atoms with van der Waals surface area (Å²) in [7, 11) is 0. The van der Waals surface area contributed by atoms with Crippen molar-refractivity contribution in [1.29, 1.82) is 10.8 Å². The molecule has 1 heterocycles. The first-order valence-corrected chi connectivity index (χ1v) is 12.1. The zero-order chi connectivity index (χ0) is 28.6. The molecule has 0 aliphatic rings. The number of esters is 1. The monoisotopic (exact) mass is 533 g/mol. The summed E-state index contributed by atoms with van der Waals surface area (Å²) in [5, 5.41) is 27.1. The van der Waals surface area contributed by atoms with Gasteiger partial charge in [-0.1, -0.05) is 36.4 Å². The smallest absolute Gasteiger partial charge is 0.343 e. The van der Waals surface area contributed by atoms with Gasteiger partial charge in [-0.05, 0) is 64.9 Å². The van der Waals surface area contributed by atoms with E-state index in [1.54, 1.807) is 30.3 Å². The predicted octanol–water partition coefficient (Wildman–Crippen LogP) is 3.69. The second-order valence-electron chi connectivity index (χ2n) is 9.17. The zero-order valence-electron chi connectivity index (χ0n) is 21.0. The van der Waals surface area contributed by atoms with Crippen molar-refractivity contribution in [3.8, 4) is 5.75 Å². The number of carboxylic acid groups (broad SMARTS) is 1. The van der Waals surface area contributed by atoms with Crippen molar-refractivity contribution in [2.24, 2.45) is 11.5 Å². The van der Waals surface area contributed by atoms with E-state index < -0.39 is 23.1 Å². The van der Waals surface area contributed by atoms with Crippen LogP contribution in [0.15, 0.2) is 89.7 Å². The average molecular weight is 534 g/mol. The number of rotatable bonds is 7. The molecule has 0 spiro atoms. The van der Waals surface area contributed by atoms with Crippen molar-refractivity contribution in [1.82, 2.24) is 4.57 Å². The Morgan fingerprint density at radius 3 is 2.20 bits per heavy atom. The number of nitrogens with one attached hydrogen (secondary N) is 2. The number of aromatic nitrogens is 1. The van der Waals surface area contributed by atoms with Crippen molar-refractivity contribution < 1.29 is 19.4 Å². The highest BCUT2D eigenvalue weighted by molar-refractivity contribution is 6.00. The molecule has 0 fully saturated rings. The molecule has 5 rings (SSSR count). The van der Waals surface area contributed by atoms with E-state index in [2.05, 4.69) is 0 Å². The summed E-state index contributed by atoms with van der Waals surface area (Å²) >= 11 is 0. The number of benzene rings is 4. The maximum atomic E-state index is 13.2. The van der Waals surface area contributed by atoms with Crippen LogP contribution in [0.4, 0.5) is 0 Å². The van der Waals surface area contributed by atoms with E-state index >= 15 is 0 Å². The number of carboxylic acids is 1. The number of fused-ring (bicyclic) bond motifs is 2. The molecule has 10 heteroatoms. The molecule has 5 aromatic rings. The predicted molar refractivity (Wildman–Crippen MR) is 152 cm³/mol. The van der Waals surface area contributed by atoms with Crippen LogP contribution in [0.25, 0.3) is 21.7 Å². The van der Waals surface area contributed by atoms with E-state index in [4.69, 9.17) is 27.0 Å². The summed E-state index contributed by atoms with van der Waals surface area (Å²) in [5.74, 6) is -2.17. The molecule has 0 saturated carbocycles. The first-order valence-electron chi connectivity index (χ1n) is 12.1. The molecule has 0 aliphatic heterocycles. The third-order valence-corrected chi connectivity index (χ3v) is 6.47. The minimum atomic E-state index is -1.38. The Morgan fingerprint density at radius 2 is 1.48 bits per heavy atom. The topological polar surface area (TPSA) is 185 Å². The van der Waals surface area contributed by atoms with Crippen LogP contribution in [-0.4, -0.2) is 33.3 Å². The number of nitrogens with two attached hydrogens (primary N) is 2. The van der Waals surface area contributed by atoms with Gasteiger partial charge in [-0.3, -0.25) is 15.6 Å². The van der Waals surface area contributed by atoms with E-state index in [0.29, 0.717) is 22.0 Å². The Bertz CT molecular complexity index is 1940. The summed E-state index contributed by atoms with van der Waals surface area (Å²) in [5.41, 5.74) is 12.3. The maximum Gasteiger partial charge on any atom is 0.343 e. The number of aromatic carboxylic acids is 1. The number of nitrogens with zero attached hydrogens (tertiary/aromatic N) is 1. The highest BCUT2D eigenvalue weighted by atomic mass is 16.5. The van der Waals surface area contributed by atoms with Gasteiger partial charge >= 0.3 is 11.9 Å². The normalized spacial score (nSPS) is 10.9. The quantitative estimate of drug-likeness (QED) is 0.0913. The van der Waals surface area contributed by atoms with Crippen LogP contribution >= 0.6 is 0 Å². The second-order valence-corrected chi connectivity index (χ2v) is 9.17. The molecule has 0 saturated heterocycles. The van der Waals surface area contributed by atoms with Crippen LogP contribution in [-0.2, 0) is 6.54 Å². The van der Waals surface area contributed by atoms with Gasteiger partial charge in [0.2, 0.25) is 0 Å². The molecule has 1 aromatic heterocycles. The van der Waals surface area contributed by atoms with E-state index in [1.807, 2.05) is 24.3 Å². The fraction of sp³-hybridized carbons (Fsp3) is 0.0333. The van der Waals surface area contributed by atoms with Gasteiger partial charge in [0.15, 0.2) is 0 Å². The summed E-state index contributed by atoms with van der Waals surface area (Å²) in [4.78, 5) is 37.8. The van der Waals surface area contributed by atoms with Crippen molar-refractivity contribution in [3.05, 3.63) is 123 Å². The fourth-order valence-electron chi connectivity index (χ4n) is 4.46. The number of amidine groups is 2. The lowest BCUT2D eigenvalue weighted by Crippen LogP contribution is -2.27. The summed E-state index contributed by atoms with van der Waals surface area (Å²) in [6.07, 6.45) is 0. The summed E-state index contributed by atoms with van der Waals surface area (Å²) in [6.45, 7) is 0.0770. The number of carbonyl (C=O) groups is 2. The number of pyridine rings is 1. The van der Waals surface area contributed by atoms with Crippen molar-refractivity contribution in [2.45, 2.75) is 6.54 Å². The Hall–Kier alpha value is -5.77. The Balaban J connectivity index is 1.54. The van der Waals surface area contributed by atoms with Crippen LogP contribution in [0.1, 0.15) is 37.4 Å². The maximum absolute atomic E-state index is 13.2. The zero-order valence-corrected chi connectivity index (χ0v) is 21.0. The lowest BCUT2D eigenvalue weighted by molar-refractivity contribution is 0.0691. The molecular formula is C30H23N5O5. The molecule has 0 radical (unpaired) electrons. The molecular weight excluding hydrogens is 510 g/mol. The first-order chi connectivity index (χ1) is 19.1. The lowest BCUT2D eigenvalue weighted by atomic mass is 10.0. The van der Waals surface area contributed by atoms with Crippen molar-refractivity contribution in [2.75, 3.05) is 0 Å². The fourth-order valence-corrected chi connectivity index (χ4v) is 4.46. The molecule has 10 nitrogen and oxygen atoms in total. The average Bonchev–Trinajstić information content (AvgIpc) is 2.93. The van der Waals surface area contributed by atoms with Crippen LogP contribution in [0.2, 0.25) is 0 Å². The second kappa shape index (κ2) is 10.2. The molecule has 40 heavy (non-hydrogen) atoms. The molecule has 198 valence electrons. The van der Waals surface area contributed by atoms with Crippen molar-refractivity contribution >= 4 is 45.3 Å². The van der Waals surface area contributed by atoms with Crippen LogP contribution in [0, 0.1) is 10.8 Å². The van der Waals surface area contributed by atoms with Gasteiger partial charge in [0, 0.05) is 16.5 Å². The highest BCUT2D eigenvalue weighted by Crippen LogP contribution is 2.24. The summed E-state index contributed by atoms with van der Waals surface area (Å²) < 4.78 is 6.86. The third kappa shape index (κ3) is 5.01. The number of carbonyl (C=O) groups excluding carboxylic acids is 1. The van der Waals surface area contributed by atoms with E-state index in [1.165, 1.54) is 34.9 Å². The van der Waals surface area contributed by atoms with Gasteiger partial charge in [-0.15, -0.1) is 0 Å². The molecule has 7 N–H and O–H groups in total. The van der Waals surface area contributed by atoms with Crippen LogP contribution in [0.5, 0.6) is 5.75 Å². The van der Waals surface area contributed by atoms with Gasteiger partial charge in [-0.25, -0.2) is 9.59 Å². The van der Waals surface area contributed by atoms with Gasteiger partial charge in [0.1, 0.15) is 23.0 Å². The number of ether oxygens (including phenoxy) is 1. The number of hydrogen-bond donors (Lipinski definition) is 5. The van der Waals surface area contributed by atoms with E-state index in [9.17, 15) is 19.5 Å². The molecule has 0 aliphatic carbocycles. The van der Waals surface area contributed by atoms with Crippen LogP contribution < -0.4 is 21.8 Å². The van der Waals surface area contributed by atoms with E-state index in [-0.39, 0.29) is 29.5 Å². The molecule has 0 bridgehead atoms. The largest absolute Gasteiger partial charge is 0.477 e. The Morgan fingerprint density at radius 1 is 0.775 bits per heavy atom. The number of hydrogen-bond acceptors (Lipinski definition) is 6. The molecule has 0 unspecified atom stereocenters. The Labute approximate surface area is 227 Å². The minimum absolute atomic E-state index is 0.0632. The van der Waals surface area contributed by atoms with Crippen molar-refractivity contribution in [3.63, 3.8) is 0 Å². The molecule has 0 amide bonds. The Kier molecular flexibility index (Phi) is 6.58. The molecule has 4 aromatic carbocycles. The van der Waals surface area contributed by atoms with Gasteiger partial charge in [0.05, 0.1) is 17.6 Å². The number of nitrogen functional groups attached to an aromatic ring is 2. The highest BCUT2D eigenvalue weighted by Gasteiger charge is 2.17. The summed E-state index contributed by atoms with van der Waals surface area (Å²) in [6, 6.07) is 23.0. The third-order valence-electron chi connectivity index (χ3n) is 6.47. The SMILES string of the molecule is N=C(N)c1cccc(C(=O)Oc2ccc3c(c2)cc(C(=O)O)c(=O)n3Cc2ccc3ccc(C(=N)N)cc3c2)c1.